The van der Waals surface area contributed by atoms with Gasteiger partial charge in [-0.25, -0.2) is 21.9 Å². The Hall–Kier alpha value is -1.96. The van der Waals surface area contributed by atoms with E-state index >= 15 is 0 Å². The van der Waals surface area contributed by atoms with Gasteiger partial charge < -0.3 is 4.74 Å². The third-order valence-electron chi connectivity index (χ3n) is 3.27. The molecule has 0 aromatic heterocycles. The van der Waals surface area contributed by atoms with Gasteiger partial charge in [-0.3, -0.25) is 0 Å². The summed E-state index contributed by atoms with van der Waals surface area (Å²) < 4.78 is 44.1. The minimum Gasteiger partial charge on any atom is -0.423 e. The Labute approximate surface area is 144 Å². The van der Waals surface area contributed by atoms with Crippen LogP contribution in [0.1, 0.15) is 15.9 Å². The number of benzene rings is 2. The number of aryl methyl sites for hydroxylation is 1. The van der Waals surface area contributed by atoms with Crippen molar-refractivity contribution in [2.24, 2.45) is 0 Å². The molecule has 24 heavy (non-hydrogen) atoms. The summed E-state index contributed by atoms with van der Waals surface area (Å²) in [5.74, 6) is -1.45. The van der Waals surface area contributed by atoms with Crippen molar-refractivity contribution in [2.45, 2.75) is 11.8 Å². The predicted octanol–water partition coefficient (Wildman–Crippen LogP) is 3.26. The number of esters is 1. The molecule has 2 rings (SSSR count). The molecule has 0 saturated heterocycles. The minimum atomic E-state index is -4.02. The number of hydrogen-bond donors (Lipinski definition) is 0. The van der Waals surface area contributed by atoms with Gasteiger partial charge in [0.1, 0.15) is 16.5 Å². The summed E-state index contributed by atoms with van der Waals surface area (Å²) in [6.07, 6.45) is 0. The van der Waals surface area contributed by atoms with Crippen LogP contribution >= 0.6 is 11.6 Å². The summed E-state index contributed by atoms with van der Waals surface area (Å²) in [5.41, 5.74) is 0.560. The molecule has 0 aliphatic heterocycles. The quantitative estimate of drug-likeness (QED) is 0.611. The largest absolute Gasteiger partial charge is 0.423 e. The smallest absolute Gasteiger partial charge is 0.343 e. The Bertz CT molecular complexity index is 897. The monoisotopic (exact) mass is 371 g/mol. The average Bonchev–Trinajstić information content (AvgIpc) is 2.50. The van der Waals surface area contributed by atoms with Gasteiger partial charge in [-0.15, -0.1) is 0 Å². The molecule has 2 aromatic carbocycles. The van der Waals surface area contributed by atoms with Crippen molar-refractivity contribution >= 4 is 27.6 Å². The molecule has 0 N–H and O–H groups in total. The summed E-state index contributed by atoms with van der Waals surface area (Å²) in [4.78, 5) is 11.6. The number of carbonyl (C=O) groups excluding carboxylic acids is 1. The molecule has 0 spiro atoms. The number of sulfonamides is 1. The third-order valence-corrected chi connectivity index (χ3v) is 5.33. The van der Waals surface area contributed by atoms with Crippen molar-refractivity contribution in [2.75, 3.05) is 14.1 Å². The minimum absolute atomic E-state index is 0.0776. The first-order chi connectivity index (χ1) is 11.1. The normalized spacial score (nSPS) is 11.6. The Morgan fingerprint density at radius 3 is 2.42 bits per heavy atom. The first-order valence-electron chi connectivity index (χ1n) is 6.83. The van der Waals surface area contributed by atoms with Gasteiger partial charge in [0.25, 0.3) is 0 Å². The topological polar surface area (TPSA) is 63.7 Å². The van der Waals surface area contributed by atoms with Gasteiger partial charge in [0.15, 0.2) is 0 Å². The van der Waals surface area contributed by atoms with Gasteiger partial charge in [-0.1, -0.05) is 11.6 Å². The number of rotatable bonds is 4. The standard InChI is InChI=1S/C16H15ClFNO4S/c1-10-8-12(17)5-7-14(10)23-16(20)11-4-6-13(18)15(9-11)24(21,22)19(2)3/h4-9H,1-3H3. The molecule has 0 radical (unpaired) electrons. The van der Waals surface area contributed by atoms with Crippen molar-refractivity contribution in [1.29, 1.82) is 0 Å². The SMILES string of the molecule is Cc1cc(Cl)ccc1OC(=O)c1ccc(F)c(S(=O)(=O)N(C)C)c1. The molecule has 0 saturated carbocycles. The van der Waals surface area contributed by atoms with Gasteiger partial charge in [0.05, 0.1) is 5.56 Å². The van der Waals surface area contributed by atoms with Crippen molar-refractivity contribution in [3.63, 3.8) is 0 Å². The number of ether oxygens (including phenoxy) is 1. The van der Waals surface area contributed by atoms with Crippen LogP contribution in [0.5, 0.6) is 5.75 Å². The Kier molecular flexibility index (Phi) is 5.27. The highest BCUT2D eigenvalue weighted by atomic mass is 35.5. The molecule has 8 heteroatoms. The Morgan fingerprint density at radius 1 is 1.17 bits per heavy atom. The number of nitrogens with zero attached hydrogens (tertiary/aromatic N) is 1. The van der Waals surface area contributed by atoms with Crippen molar-refractivity contribution < 1.29 is 22.3 Å². The van der Waals surface area contributed by atoms with E-state index in [0.717, 1.165) is 22.5 Å². The van der Waals surface area contributed by atoms with Gasteiger partial charge >= 0.3 is 5.97 Å². The zero-order valence-corrected chi connectivity index (χ0v) is 14.8. The third kappa shape index (κ3) is 3.75. The molecule has 0 aliphatic rings. The van der Waals surface area contributed by atoms with E-state index in [-0.39, 0.29) is 11.3 Å². The number of carbonyl (C=O) groups is 1. The van der Waals surface area contributed by atoms with Crippen LogP contribution in [0.3, 0.4) is 0 Å². The van der Waals surface area contributed by atoms with Crippen LogP contribution < -0.4 is 4.74 Å². The lowest BCUT2D eigenvalue weighted by atomic mass is 10.2. The average molecular weight is 372 g/mol. The van der Waals surface area contributed by atoms with E-state index in [1.165, 1.54) is 20.2 Å². The van der Waals surface area contributed by atoms with E-state index in [2.05, 4.69) is 0 Å². The van der Waals surface area contributed by atoms with E-state index in [1.54, 1.807) is 19.1 Å². The lowest BCUT2D eigenvalue weighted by molar-refractivity contribution is 0.0733. The maximum Gasteiger partial charge on any atom is 0.343 e. The summed E-state index contributed by atoms with van der Waals surface area (Å²) in [5, 5.41) is 0.494. The molecule has 0 atom stereocenters. The first kappa shape index (κ1) is 18.4. The summed E-state index contributed by atoms with van der Waals surface area (Å²) in [7, 11) is -1.47. The van der Waals surface area contributed by atoms with Crippen LogP contribution in [-0.4, -0.2) is 32.8 Å². The zero-order valence-electron chi connectivity index (χ0n) is 13.2. The van der Waals surface area contributed by atoms with Crippen LogP contribution in [0.4, 0.5) is 4.39 Å². The highest BCUT2D eigenvalue weighted by molar-refractivity contribution is 7.89. The molecule has 0 bridgehead atoms. The second-order valence-corrected chi connectivity index (χ2v) is 7.79. The number of halogens is 2. The second-order valence-electron chi connectivity index (χ2n) is 5.23. The summed E-state index contributed by atoms with van der Waals surface area (Å²) in [6.45, 7) is 1.71. The predicted molar refractivity (Wildman–Crippen MR) is 88.4 cm³/mol. The molecule has 0 amide bonds. The molecule has 2 aromatic rings. The molecule has 0 aliphatic carbocycles. The van der Waals surface area contributed by atoms with Crippen molar-refractivity contribution in [1.82, 2.24) is 4.31 Å². The maximum absolute atomic E-state index is 13.9. The lowest BCUT2D eigenvalue weighted by Gasteiger charge is -2.13. The van der Waals surface area contributed by atoms with Crippen LogP contribution in [0.15, 0.2) is 41.3 Å². The van der Waals surface area contributed by atoms with Crippen LogP contribution in [0, 0.1) is 12.7 Å². The fourth-order valence-corrected chi connectivity index (χ4v) is 3.12. The fourth-order valence-electron chi connectivity index (χ4n) is 1.91. The van der Waals surface area contributed by atoms with Gasteiger partial charge in [0, 0.05) is 19.1 Å². The van der Waals surface area contributed by atoms with E-state index in [9.17, 15) is 17.6 Å². The van der Waals surface area contributed by atoms with E-state index in [1.807, 2.05) is 0 Å². The van der Waals surface area contributed by atoms with Crippen molar-refractivity contribution in [3.8, 4) is 5.75 Å². The molecule has 0 heterocycles. The lowest BCUT2D eigenvalue weighted by Crippen LogP contribution is -2.24. The zero-order chi connectivity index (χ0) is 18.1. The first-order valence-corrected chi connectivity index (χ1v) is 8.65. The van der Waals surface area contributed by atoms with Gasteiger partial charge in [-0.2, -0.15) is 0 Å². The molecule has 0 fully saturated rings. The van der Waals surface area contributed by atoms with Gasteiger partial charge in [-0.05, 0) is 48.9 Å². The van der Waals surface area contributed by atoms with Crippen LogP contribution in [0.25, 0.3) is 0 Å². The van der Waals surface area contributed by atoms with E-state index < -0.39 is 26.7 Å². The highest BCUT2D eigenvalue weighted by Crippen LogP contribution is 2.24. The summed E-state index contributed by atoms with van der Waals surface area (Å²) in [6, 6.07) is 7.74. The molecular weight excluding hydrogens is 357 g/mol. The summed E-state index contributed by atoms with van der Waals surface area (Å²) >= 11 is 5.84. The second kappa shape index (κ2) is 6.88. The van der Waals surface area contributed by atoms with E-state index in [4.69, 9.17) is 16.3 Å². The fraction of sp³-hybridized carbons (Fsp3) is 0.188. The molecule has 5 nitrogen and oxygen atoms in total. The van der Waals surface area contributed by atoms with Gasteiger partial charge in [0.2, 0.25) is 10.0 Å². The van der Waals surface area contributed by atoms with Crippen LogP contribution in [0.2, 0.25) is 5.02 Å². The van der Waals surface area contributed by atoms with Crippen LogP contribution in [-0.2, 0) is 10.0 Å². The van der Waals surface area contributed by atoms with E-state index in [0.29, 0.717) is 10.6 Å². The Morgan fingerprint density at radius 2 is 1.83 bits per heavy atom. The highest BCUT2D eigenvalue weighted by Gasteiger charge is 2.24. The molecular formula is C16H15ClFNO4S. The Balaban J connectivity index is 2.37. The number of hydrogen-bond acceptors (Lipinski definition) is 4. The molecule has 128 valence electrons. The maximum atomic E-state index is 13.9. The molecule has 0 unspecified atom stereocenters. The van der Waals surface area contributed by atoms with Crippen molar-refractivity contribution in [3.05, 3.63) is 58.4 Å².